The summed E-state index contributed by atoms with van der Waals surface area (Å²) in [5, 5.41) is 17.5. The summed E-state index contributed by atoms with van der Waals surface area (Å²) in [6, 6.07) is 23.9. The van der Waals surface area contributed by atoms with Crippen LogP contribution in [-0.4, -0.2) is 20.8 Å². The fourth-order valence-electron chi connectivity index (χ4n) is 3.90. The SMILES string of the molecule is O=c1c2ccccc2nc(-c2ccccc2)n1N=Cc1cc(Br)cc([N+](=O)[O-])c1OCc1ccc(Cl)cc1Cl. The number of hydrogen-bond donors (Lipinski definition) is 0. The minimum Gasteiger partial charge on any atom is -0.481 e. The molecule has 0 bridgehead atoms. The molecule has 0 saturated carbocycles. The average Bonchev–Trinajstić information content (AvgIpc) is 2.93. The number of nitro benzene ring substituents is 1. The van der Waals surface area contributed by atoms with Gasteiger partial charge in [-0.1, -0.05) is 87.7 Å². The first kappa shape index (κ1) is 26.6. The second kappa shape index (κ2) is 11.4. The van der Waals surface area contributed by atoms with Gasteiger partial charge >= 0.3 is 5.69 Å². The largest absolute Gasteiger partial charge is 0.481 e. The van der Waals surface area contributed by atoms with Gasteiger partial charge in [-0.3, -0.25) is 14.9 Å². The smallest absolute Gasteiger partial charge is 0.312 e. The Hall–Kier alpha value is -4.05. The first-order valence-electron chi connectivity index (χ1n) is 11.5. The molecule has 0 aliphatic heterocycles. The average molecular weight is 624 g/mol. The van der Waals surface area contributed by atoms with Crippen molar-refractivity contribution in [3.63, 3.8) is 0 Å². The minimum atomic E-state index is -0.556. The number of nitrogens with zero attached hydrogens (tertiary/aromatic N) is 4. The third-order valence-corrected chi connectivity index (χ3v) is 6.79. The molecule has 1 heterocycles. The molecule has 4 aromatic carbocycles. The van der Waals surface area contributed by atoms with Crippen LogP contribution >= 0.6 is 39.1 Å². The molecule has 0 aliphatic carbocycles. The van der Waals surface area contributed by atoms with E-state index in [1.807, 2.05) is 30.3 Å². The van der Waals surface area contributed by atoms with E-state index in [0.717, 1.165) is 0 Å². The van der Waals surface area contributed by atoms with Crippen LogP contribution in [0.15, 0.2) is 99.3 Å². The second-order valence-corrected chi connectivity index (χ2v) is 10.1. The van der Waals surface area contributed by atoms with E-state index < -0.39 is 10.5 Å². The van der Waals surface area contributed by atoms with Crippen molar-refractivity contribution in [1.82, 2.24) is 9.66 Å². The third kappa shape index (κ3) is 5.70. The zero-order valence-corrected chi connectivity index (χ0v) is 23.0. The molecule has 8 nitrogen and oxygen atoms in total. The summed E-state index contributed by atoms with van der Waals surface area (Å²) in [6.45, 7) is -0.0634. The minimum absolute atomic E-state index is 0.0407. The summed E-state index contributed by atoms with van der Waals surface area (Å²) in [4.78, 5) is 29.5. The van der Waals surface area contributed by atoms with Gasteiger partial charge in [0.2, 0.25) is 5.75 Å². The highest BCUT2D eigenvalue weighted by Gasteiger charge is 2.21. The fraction of sp³-hybridized carbons (Fsp3) is 0.0357. The predicted molar refractivity (Wildman–Crippen MR) is 156 cm³/mol. The van der Waals surface area contributed by atoms with Gasteiger partial charge in [0.1, 0.15) is 6.61 Å². The Kier molecular flexibility index (Phi) is 7.74. The van der Waals surface area contributed by atoms with Crippen LogP contribution in [0.4, 0.5) is 5.69 Å². The Bertz CT molecular complexity index is 1810. The molecule has 0 fully saturated rings. The molecule has 0 amide bonds. The Morgan fingerprint density at radius 2 is 1.77 bits per heavy atom. The predicted octanol–water partition coefficient (Wildman–Crippen LogP) is 7.50. The number of para-hydroxylation sites is 1. The van der Waals surface area contributed by atoms with Crippen molar-refractivity contribution in [2.24, 2.45) is 5.10 Å². The van der Waals surface area contributed by atoms with Gasteiger partial charge in [-0.05, 0) is 30.3 Å². The van der Waals surface area contributed by atoms with Crippen LogP contribution in [-0.2, 0) is 6.61 Å². The van der Waals surface area contributed by atoms with E-state index in [-0.39, 0.29) is 23.6 Å². The van der Waals surface area contributed by atoms with Crippen molar-refractivity contribution < 1.29 is 9.66 Å². The van der Waals surface area contributed by atoms with E-state index >= 15 is 0 Å². The summed E-state index contributed by atoms with van der Waals surface area (Å²) in [5.41, 5.74) is 1.36. The van der Waals surface area contributed by atoms with Crippen molar-refractivity contribution in [2.45, 2.75) is 6.61 Å². The number of rotatable bonds is 7. The summed E-state index contributed by atoms with van der Waals surface area (Å²) < 4.78 is 7.51. The molecule has 194 valence electrons. The van der Waals surface area contributed by atoms with Crippen molar-refractivity contribution in [2.75, 3.05) is 0 Å². The molecule has 11 heteroatoms. The maximum atomic E-state index is 13.5. The quantitative estimate of drug-likeness (QED) is 0.106. The van der Waals surface area contributed by atoms with Gasteiger partial charge < -0.3 is 4.74 Å². The van der Waals surface area contributed by atoms with Crippen LogP contribution in [0.2, 0.25) is 10.0 Å². The zero-order valence-electron chi connectivity index (χ0n) is 19.9. The van der Waals surface area contributed by atoms with Gasteiger partial charge in [0.05, 0.1) is 22.0 Å². The van der Waals surface area contributed by atoms with Crippen molar-refractivity contribution in [1.29, 1.82) is 0 Å². The van der Waals surface area contributed by atoms with Crippen LogP contribution < -0.4 is 10.3 Å². The van der Waals surface area contributed by atoms with Crippen LogP contribution in [0.1, 0.15) is 11.1 Å². The fourth-order valence-corrected chi connectivity index (χ4v) is 4.83. The number of hydrogen-bond acceptors (Lipinski definition) is 6. The maximum absolute atomic E-state index is 13.5. The second-order valence-electron chi connectivity index (χ2n) is 8.30. The van der Waals surface area contributed by atoms with E-state index in [1.165, 1.54) is 17.0 Å². The zero-order chi connectivity index (χ0) is 27.5. The third-order valence-electron chi connectivity index (χ3n) is 5.74. The van der Waals surface area contributed by atoms with Crippen LogP contribution in [0.25, 0.3) is 22.3 Å². The number of ether oxygens (including phenoxy) is 1. The molecule has 1 aromatic heterocycles. The lowest BCUT2D eigenvalue weighted by molar-refractivity contribution is -0.386. The van der Waals surface area contributed by atoms with E-state index in [2.05, 4.69) is 26.0 Å². The van der Waals surface area contributed by atoms with E-state index in [9.17, 15) is 14.9 Å². The summed E-state index contributed by atoms with van der Waals surface area (Å²) >= 11 is 15.6. The van der Waals surface area contributed by atoms with Gasteiger partial charge in [0.15, 0.2) is 5.82 Å². The lowest BCUT2D eigenvalue weighted by atomic mass is 10.1. The molecular formula is C28H17BrCl2N4O4. The number of nitro groups is 1. The summed E-state index contributed by atoms with van der Waals surface area (Å²) in [7, 11) is 0. The van der Waals surface area contributed by atoms with Gasteiger partial charge in [-0.15, -0.1) is 0 Å². The van der Waals surface area contributed by atoms with Crippen molar-refractivity contribution in [3.8, 4) is 17.1 Å². The summed E-state index contributed by atoms with van der Waals surface area (Å²) in [5.74, 6) is 0.275. The Balaban J connectivity index is 1.63. The highest BCUT2D eigenvalue weighted by molar-refractivity contribution is 9.10. The molecule has 0 saturated heterocycles. The monoisotopic (exact) mass is 622 g/mol. The van der Waals surface area contributed by atoms with E-state index in [4.69, 9.17) is 27.9 Å². The molecule has 0 radical (unpaired) electrons. The molecule has 0 N–H and O–H groups in total. The van der Waals surface area contributed by atoms with Gasteiger partial charge in [0.25, 0.3) is 5.56 Å². The first-order valence-corrected chi connectivity index (χ1v) is 13.0. The van der Waals surface area contributed by atoms with Crippen LogP contribution in [0, 0.1) is 10.1 Å². The molecule has 0 atom stereocenters. The number of benzene rings is 4. The Morgan fingerprint density at radius 3 is 2.51 bits per heavy atom. The van der Waals surface area contributed by atoms with Gasteiger partial charge in [0, 0.05) is 37.3 Å². The van der Waals surface area contributed by atoms with Crippen LogP contribution in [0.3, 0.4) is 0 Å². The summed E-state index contributed by atoms with van der Waals surface area (Å²) in [6.07, 6.45) is 1.33. The highest BCUT2D eigenvalue weighted by Crippen LogP contribution is 2.35. The molecule has 0 aliphatic rings. The molecule has 0 unspecified atom stereocenters. The number of fused-ring (bicyclic) bond motifs is 1. The van der Waals surface area contributed by atoms with E-state index in [1.54, 1.807) is 48.5 Å². The topological polar surface area (TPSA) is 99.6 Å². The molecular weight excluding hydrogens is 607 g/mol. The lowest BCUT2D eigenvalue weighted by Gasteiger charge is -2.12. The highest BCUT2D eigenvalue weighted by atomic mass is 79.9. The van der Waals surface area contributed by atoms with Gasteiger partial charge in [-0.25, -0.2) is 4.98 Å². The number of aromatic nitrogens is 2. The van der Waals surface area contributed by atoms with Gasteiger partial charge in [-0.2, -0.15) is 9.78 Å². The van der Waals surface area contributed by atoms with Crippen LogP contribution in [0.5, 0.6) is 5.75 Å². The van der Waals surface area contributed by atoms with Crippen molar-refractivity contribution in [3.05, 3.63) is 131 Å². The Labute approximate surface area is 240 Å². The lowest BCUT2D eigenvalue weighted by Crippen LogP contribution is -2.20. The Morgan fingerprint density at radius 1 is 1.03 bits per heavy atom. The van der Waals surface area contributed by atoms with Crippen molar-refractivity contribution >= 4 is 61.9 Å². The number of halogens is 3. The maximum Gasteiger partial charge on any atom is 0.312 e. The molecule has 5 aromatic rings. The van der Waals surface area contributed by atoms with E-state index in [0.29, 0.717) is 42.4 Å². The molecule has 39 heavy (non-hydrogen) atoms. The molecule has 0 spiro atoms. The standard InChI is InChI=1S/C28H17BrCl2N4O4/c29-20-12-19(26(25(13-20)35(37)38)39-16-18-10-11-21(30)14-23(18)31)15-32-34-27(17-6-2-1-3-7-17)33-24-9-5-4-8-22(24)28(34)36/h1-15H,16H2. The molecule has 5 rings (SSSR count). The first-order chi connectivity index (χ1) is 18.8. The normalized spacial score (nSPS) is 11.3.